The van der Waals surface area contributed by atoms with Gasteiger partial charge in [0, 0.05) is 29.8 Å². The first kappa shape index (κ1) is 17.7. The van der Waals surface area contributed by atoms with Gasteiger partial charge in [-0.15, -0.1) is 0 Å². The number of fused-ring (bicyclic) bond motifs is 1. The van der Waals surface area contributed by atoms with E-state index in [1.165, 1.54) is 29.7 Å². The van der Waals surface area contributed by atoms with Crippen LogP contribution >= 0.6 is 0 Å². The minimum atomic E-state index is -4.44. The van der Waals surface area contributed by atoms with E-state index in [2.05, 4.69) is 5.32 Å². The van der Waals surface area contributed by atoms with Crippen LogP contribution in [0.25, 0.3) is 16.6 Å². The number of rotatable bonds is 2. The summed E-state index contributed by atoms with van der Waals surface area (Å²) in [6, 6.07) is 10.9. The minimum Gasteiger partial charge on any atom is -0.326 e. The standard InChI is InChI=1S/C19H15F3N2O2/c1-11-9-18(26)24(15-6-3-13(4-7-15)19(20,21)22)17-8-5-14(10-16(11)17)23-12(2)25/h3-10H,1-2H3,(H,23,25). The number of nitrogens with zero attached hydrogens (tertiary/aromatic N) is 1. The minimum absolute atomic E-state index is 0.224. The molecule has 0 saturated carbocycles. The van der Waals surface area contributed by atoms with E-state index in [-0.39, 0.29) is 11.5 Å². The van der Waals surface area contributed by atoms with Gasteiger partial charge in [-0.1, -0.05) is 0 Å². The van der Waals surface area contributed by atoms with Crippen LogP contribution < -0.4 is 10.9 Å². The van der Waals surface area contributed by atoms with Gasteiger partial charge >= 0.3 is 6.18 Å². The SMILES string of the molecule is CC(=O)Nc1ccc2c(c1)c(C)cc(=O)n2-c1ccc(C(F)(F)F)cc1. The lowest BCUT2D eigenvalue weighted by Gasteiger charge is -2.14. The number of aryl methyl sites for hydroxylation is 1. The molecule has 2 aromatic carbocycles. The molecule has 0 aliphatic carbocycles. The summed E-state index contributed by atoms with van der Waals surface area (Å²) >= 11 is 0. The maximum atomic E-state index is 12.8. The number of anilines is 1. The highest BCUT2D eigenvalue weighted by atomic mass is 19.4. The molecule has 1 heterocycles. The first-order chi connectivity index (χ1) is 12.2. The van der Waals surface area contributed by atoms with Crippen molar-refractivity contribution in [1.29, 1.82) is 0 Å². The fourth-order valence-electron chi connectivity index (χ4n) is 2.84. The average Bonchev–Trinajstić information content (AvgIpc) is 2.54. The van der Waals surface area contributed by atoms with Crippen LogP contribution in [0.1, 0.15) is 18.1 Å². The number of nitrogens with one attached hydrogen (secondary N) is 1. The number of aromatic nitrogens is 1. The van der Waals surface area contributed by atoms with Crippen molar-refractivity contribution in [1.82, 2.24) is 4.57 Å². The molecule has 0 bridgehead atoms. The van der Waals surface area contributed by atoms with Crippen LogP contribution in [-0.2, 0) is 11.0 Å². The number of carbonyl (C=O) groups excluding carboxylic acids is 1. The predicted molar refractivity (Wildman–Crippen MR) is 93.6 cm³/mol. The number of alkyl halides is 3. The highest BCUT2D eigenvalue weighted by molar-refractivity contribution is 5.93. The van der Waals surface area contributed by atoms with Gasteiger partial charge in [-0.2, -0.15) is 13.2 Å². The number of hydrogen-bond donors (Lipinski definition) is 1. The zero-order valence-electron chi connectivity index (χ0n) is 14.0. The molecule has 1 aromatic heterocycles. The van der Waals surface area contributed by atoms with Gasteiger partial charge < -0.3 is 5.32 Å². The smallest absolute Gasteiger partial charge is 0.326 e. The Morgan fingerprint density at radius 3 is 2.27 bits per heavy atom. The van der Waals surface area contributed by atoms with Crippen molar-refractivity contribution in [3.05, 3.63) is 70.0 Å². The fraction of sp³-hybridized carbons (Fsp3) is 0.158. The Hall–Kier alpha value is -3.09. The molecule has 7 heteroatoms. The Balaban J connectivity index is 2.19. The topological polar surface area (TPSA) is 51.1 Å². The first-order valence-corrected chi connectivity index (χ1v) is 7.78. The number of hydrogen-bond acceptors (Lipinski definition) is 2. The van der Waals surface area contributed by atoms with E-state index in [0.717, 1.165) is 17.5 Å². The Labute approximate surface area is 146 Å². The van der Waals surface area contributed by atoms with Crippen LogP contribution in [0.4, 0.5) is 18.9 Å². The number of pyridine rings is 1. The Bertz CT molecular complexity index is 1050. The summed E-state index contributed by atoms with van der Waals surface area (Å²) in [5, 5.41) is 3.39. The van der Waals surface area contributed by atoms with E-state index in [1.54, 1.807) is 25.1 Å². The molecule has 3 rings (SSSR count). The Morgan fingerprint density at radius 1 is 1.04 bits per heavy atom. The second-order valence-electron chi connectivity index (χ2n) is 5.96. The molecule has 0 aliphatic heterocycles. The maximum absolute atomic E-state index is 12.8. The van der Waals surface area contributed by atoms with Crippen molar-refractivity contribution in [2.24, 2.45) is 0 Å². The lowest BCUT2D eigenvalue weighted by molar-refractivity contribution is -0.137. The van der Waals surface area contributed by atoms with E-state index in [4.69, 9.17) is 0 Å². The van der Waals surface area contributed by atoms with E-state index in [9.17, 15) is 22.8 Å². The molecule has 0 saturated heterocycles. The normalized spacial score (nSPS) is 11.6. The zero-order chi connectivity index (χ0) is 19.1. The van der Waals surface area contributed by atoms with Crippen LogP contribution in [0.15, 0.2) is 53.3 Å². The summed E-state index contributed by atoms with van der Waals surface area (Å²) in [6.07, 6.45) is -4.44. The molecule has 4 nitrogen and oxygen atoms in total. The summed E-state index contributed by atoms with van der Waals surface area (Å²) in [7, 11) is 0. The van der Waals surface area contributed by atoms with Gasteiger partial charge in [0.2, 0.25) is 5.91 Å². The number of carbonyl (C=O) groups is 1. The molecule has 1 N–H and O–H groups in total. The van der Waals surface area contributed by atoms with E-state index in [1.807, 2.05) is 0 Å². The van der Waals surface area contributed by atoms with Crippen molar-refractivity contribution in [3.63, 3.8) is 0 Å². The highest BCUT2D eigenvalue weighted by Crippen LogP contribution is 2.30. The number of halogens is 3. The monoisotopic (exact) mass is 360 g/mol. The second-order valence-corrected chi connectivity index (χ2v) is 5.96. The van der Waals surface area contributed by atoms with Gasteiger partial charge in [0.15, 0.2) is 0 Å². The summed E-state index contributed by atoms with van der Waals surface area (Å²) in [4.78, 5) is 23.7. The summed E-state index contributed by atoms with van der Waals surface area (Å²) in [6.45, 7) is 3.15. The van der Waals surface area contributed by atoms with Crippen LogP contribution in [0, 0.1) is 6.92 Å². The van der Waals surface area contributed by atoms with Gasteiger partial charge in [0.05, 0.1) is 11.1 Å². The molecule has 3 aromatic rings. The zero-order valence-corrected chi connectivity index (χ0v) is 14.0. The van der Waals surface area contributed by atoms with Gasteiger partial charge in [-0.05, 0) is 55.0 Å². The summed E-state index contributed by atoms with van der Waals surface area (Å²) in [5.74, 6) is -0.224. The van der Waals surface area contributed by atoms with Crippen molar-refractivity contribution in [3.8, 4) is 5.69 Å². The molecule has 0 radical (unpaired) electrons. The predicted octanol–water partition coefficient (Wildman–Crippen LogP) is 4.28. The van der Waals surface area contributed by atoms with Crippen molar-refractivity contribution < 1.29 is 18.0 Å². The fourth-order valence-corrected chi connectivity index (χ4v) is 2.84. The molecule has 0 atom stereocenters. The summed E-state index contributed by atoms with van der Waals surface area (Å²) < 4.78 is 39.6. The van der Waals surface area contributed by atoms with Gasteiger partial charge in [-0.25, -0.2) is 0 Å². The van der Waals surface area contributed by atoms with Crippen LogP contribution in [0.5, 0.6) is 0 Å². The average molecular weight is 360 g/mol. The molecule has 134 valence electrons. The van der Waals surface area contributed by atoms with Gasteiger partial charge in [-0.3, -0.25) is 14.2 Å². The molecule has 0 fully saturated rings. The largest absolute Gasteiger partial charge is 0.416 e. The lowest BCUT2D eigenvalue weighted by atomic mass is 10.1. The molecular formula is C19H15F3N2O2. The van der Waals surface area contributed by atoms with Gasteiger partial charge in [0.25, 0.3) is 5.56 Å². The molecule has 26 heavy (non-hydrogen) atoms. The van der Waals surface area contributed by atoms with E-state index >= 15 is 0 Å². The Kier molecular flexibility index (Phi) is 4.31. The van der Waals surface area contributed by atoms with Crippen LogP contribution in [0.3, 0.4) is 0 Å². The second kappa shape index (κ2) is 6.33. The van der Waals surface area contributed by atoms with Crippen molar-refractivity contribution in [2.45, 2.75) is 20.0 Å². The third kappa shape index (κ3) is 3.33. The molecular weight excluding hydrogens is 345 g/mol. The first-order valence-electron chi connectivity index (χ1n) is 7.78. The summed E-state index contributed by atoms with van der Waals surface area (Å²) in [5.41, 5.74) is 1.04. The quantitative estimate of drug-likeness (QED) is 0.742. The lowest BCUT2D eigenvalue weighted by Crippen LogP contribution is -2.19. The Morgan fingerprint density at radius 2 is 1.69 bits per heavy atom. The van der Waals surface area contributed by atoms with Gasteiger partial charge in [0.1, 0.15) is 0 Å². The highest BCUT2D eigenvalue weighted by Gasteiger charge is 2.30. The number of amides is 1. The third-order valence-corrected chi connectivity index (χ3v) is 4.00. The van der Waals surface area contributed by atoms with Crippen molar-refractivity contribution in [2.75, 3.05) is 5.32 Å². The van der Waals surface area contributed by atoms with Crippen molar-refractivity contribution >= 4 is 22.5 Å². The van der Waals surface area contributed by atoms with Crippen LogP contribution in [0.2, 0.25) is 0 Å². The molecule has 1 amide bonds. The maximum Gasteiger partial charge on any atom is 0.416 e. The van der Waals surface area contributed by atoms with E-state index in [0.29, 0.717) is 22.5 Å². The van der Waals surface area contributed by atoms with E-state index < -0.39 is 11.7 Å². The molecule has 0 unspecified atom stereocenters. The number of benzene rings is 2. The third-order valence-electron chi connectivity index (χ3n) is 4.00. The molecule has 0 aliphatic rings. The molecule has 0 spiro atoms. The van der Waals surface area contributed by atoms with Crippen LogP contribution in [-0.4, -0.2) is 10.5 Å².